The molecule has 0 fully saturated rings. The third kappa shape index (κ3) is 6.92. The number of hydrogen-bond acceptors (Lipinski definition) is 5. The number of sulfonamides is 1. The van der Waals surface area contributed by atoms with Gasteiger partial charge < -0.3 is 10.1 Å². The van der Waals surface area contributed by atoms with Crippen LogP contribution in [0.25, 0.3) is 6.08 Å². The molecule has 160 valence electrons. The minimum absolute atomic E-state index is 0.193. The van der Waals surface area contributed by atoms with Gasteiger partial charge in [-0.15, -0.1) is 0 Å². The molecule has 9 heteroatoms. The molecule has 0 radical (unpaired) electrons. The van der Waals surface area contributed by atoms with E-state index >= 15 is 0 Å². The van der Waals surface area contributed by atoms with E-state index < -0.39 is 28.5 Å². The van der Waals surface area contributed by atoms with Crippen LogP contribution in [-0.2, 0) is 24.3 Å². The number of amides is 1. The molecule has 0 spiro atoms. The van der Waals surface area contributed by atoms with Crippen molar-refractivity contribution in [3.63, 3.8) is 0 Å². The molecule has 0 saturated heterocycles. The van der Waals surface area contributed by atoms with Crippen molar-refractivity contribution in [3.8, 4) is 0 Å². The SMILES string of the molecule is CCN(CC)S(=O)(=O)c1ccc(C=CC(=O)OCC(=O)Nc2ccc(I)cc2)cc1. The summed E-state index contributed by atoms with van der Waals surface area (Å²) in [5, 5.41) is 2.63. The first-order valence-corrected chi connectivity index (χ1v) is 11.8. The maximum absolute atomic E-state index is 12.5. The lowest BCUT2D eigenvalue weighted by atomic mass is 10.2. The number of rotatable bonds is 9. The fourth-order valence-electron chi connectivity index (χ4n) is 2.54. The molecule has 0 saturated carbocycles. The van der Waals surface area contributed by atoms with Crippen LogP contribution >= 0.6 is 22.6 Å². The standard InChI is InChI=1S/C21H23IN2O5S/c1-3-24(4-2)30(27,28)19-12-5-16(6-13-19)7-14-21(26)29-15-20(25)23-18-10-8-17(22)9-11-18/h5-14H,3-4,15H2,1-2H3,(H,23,25). The highest BCUT2D eigenvalue weighted by atomic mass is 127. The molecule has 0 bridgehead atoms. The van der Waals surface area contributed by atoms with Crippen molar-refractivity contribution >= 4 is 56.3 Å². The Morgan fingerprint density at radius 3 is 2.20 bits per heavy atom. The van der Waals surface area contributed by atoms with E-state index in [0.717, 1.165) is 3.57 Å². The Bertz CT molecular complexity index is 999. The van der Waals surface area contributed by atoms with E-state index in [1.54, 1.807) is 38.1 Å². The summed E-state index contributed by atoms with van der Waals surface area (Å²) in [5.74, 6) is -1.11. The predicted molar refractivity (Wildman–Crippen MR) is 124 cm³/mol. The molecule has 0 aromatic heterocycles. The number of anilines is 1. The number of nitrogens with one attached hydrogen (secondary N) is 1. The largest absolute Gasteiger partial charge is 0.452 e. The van der Waals surface area contributed by atoms with Crippen LogP contribution in [0, 0.1) is 3.57 Å². The van der Waals surface area contributed by atoms with Gasteiger partial charge in [0.2, 0.25) is 10.0 Å². The van der Waals surface area contributed by atoms with Gasteiger partial charge in [-0.3, -0.25) is 4.79 Å². The maximum atomic E-state index is 12.5. The van der Waals surface area contributed by atoms with Gasteiger partial charge in [-0.2, -0.15) is 4.31 Å². The monoisotopic (exact) mass is 542 g/mol. The Morgan fingerprint density at radius 2 is 1.63 bits per heavy atom. The zero-order valence-corrected chi connectivity index (χ0v) is 19.6. The first-order valence-electron chi connectivity index (χ1n) is 9.26. The van der Waals surface area contributed by atoms with Crippen molar-refractivity contribution in [2.45, 2.75) is 18.7 Å². The molecule has 2 aromatic rings. The van der Waals surface area contributed by atoms with E-state index in [1.165, 1.54) is 28.6 Å². The van der Waals surface area contributed by atoms with E-state index in [9.17, 15) is 18.0 Å². The van der Waals surface area contributed by atoms with Gasteiger partial charge in [-0.05, 0) is 70.6 Å². The lowest BCUT2D eigenvalue weighted by Gasteiger charge is -2.18. The summed E-state index contributed by atoms with van der Waals surface area (Å²) in [5.41, 5.74) is 1.25. The Labute approximate surface area is 190 Å². The van der Waals surface area contributed by atoms with Gasteiger partial charge >= 0.3 is 5.97 Å². The van der Waals surface area contributed by atoms with E-state index in [4.69, 9.17) is 4.74 Å². The van der Waals surface area contributed by atoms with E-state index in [2.05, 4.69) is 27.9 Å². The second-order valence-electron chi connectivity index (χ2n) is 6.15. The molecule has 30 heavy (non-hydrogen) atoms. The van der Waals surface area contributed by atoms with Gasteiger partial charge in [0.05, 0.1) is 4.90 Å². The fourth-order valence-corrected chi connectivity index (χ4v) is 4.36. The molecule has 7 nitrogen and oxygen atoms in total. The summed E-state index contributed by atoms with van der Waals surface area (Å²) < 4.78 is 32.3. The topological polar surface area (TPSA) is 92.8 Å². The average Bonchev–Trinajstić information content (AvgIpc) is 2.73. The molecular formula is C21H23IN2O5S. The quantitative estimate of drug-likeness (QED) is 0.298. The molecular weight excluding hydrogens is 519 g/mol. The lowest BCUT2D eigenvalue weighted by molar-refractivity contribution is -0.142. The Morgan fingerprint density at radius 1 is 1.03 bits per heavy atom. The summed E-state index contributed by atoms with van der Waals surface area (Å²) in [7, 11) is -3.52. The number of benzene rings is 2. The highest BCUT2D eigenvalue weighted by molar-refractivity contribution is 14.1. The first kappa shape index (κ1) is 24.0. The minimum atomic E-state index is -3.52. The molecule has 0 aliphatic heterocycles. The number of carbonyl (C=O) groups excluding carboxylic acids is 2. The number of ether oxygens (including phenoxy) is 1. The van der Waals surface area contributed by atoms with Gasteiger partial charge in [-0.1, -0.05) is 26.0 Å². The highest BCUT2D eigenvalue weighted by Gasteiger charge is 2.20. The van der Waals surface area contributed by atoms with Crippen LogP contribution in [0.3, 0.4) is 0 Å². The summed E-state index contributed by atoms with van der Waals surface area (Å²) in [4.78, 5) is 23.8. The third-order valence-electron chi connectivity index (χ3n) is 4.11. The van der Waals surface area contributed by atoms with Gasteiger partial charge in [0.25, 0.3) is 5.91 Å². The number of carbonyl (C=O) groups is 2. The van der Waals surface area contributed by atoms with Crippen molar-refractivity contribution in [1.82, 2.24) is 4.31 Å². The van der Waals surface area contributed by atoms with Crippen LogP contribution in [0.1, 0.15) is 19.4 Å². The zero-order chi connectivity index (χ0) is 22.1. The van der Waals surface area contributed by atoms with Crippen LogP contribution in [-0.4, -0.2) is 44.3 Å². The van der Waals surface area contributed by atoms with E-state index in [0.29, 0.717) is 24.3 Å². The molecule has 0 aliphatic carbocycles. The number of esters is 1. The van der Waals surface area contributed by atoms with Gasteiger partial charge in [0.1, 0.15) is 0 Å². The predicted octanol–water partition coefficient (Wildman–Crippen LogP) is 3.52. The van der Waals surface area contributed by atoms with E-state index in [1.807, 2.05) is 12.1 Å². The van der Waals surface area contributed by atoms with Crippen molar-refractivity contribution in [2.75, 3.05) is 25.0 Å². The Hall–Kier alpha value is -2.24. The minimum Gasteiger partial charge on any atom is -0.452 e. The number of hydrogen-bond donors (Lipinski definition) is 1. The molecule has 0 aliphatic rings. The van der Waals surface area contributed by atoms with Gasteiger partial charge in [0.15, 0.2) is 6.61 Å². The summed E-state index contributed by atoms with van der Waals surface area (Å²) in [6.45, 7) is 3.94. The van der Waals surface area contributed by atoms with Crippen molar-refractivity contribution in [3.05, 3.63) is 63.7 Å². The van der Waals surface area contributed by atoms with Crippen LogP contribution in [0.4, 0.5) is 5.69 Å². The normalized spacial score (nSPS) is 11.6. The summed E-state index contributed by atoms with van der Waals surface area (Å²) in [6, 6.07) is 13.4. The molecule has 2 rings (SSSR count). The second kappa shape index (κ2) is 11.2. The van der Waals surface area contributed by atoms with Crippen molar-refractivity contribution < 1.29 is 22.7 Å². The summed E-state index contributed by atoms with van der Waals surface area (Å²) >= 11 is 2.16. The average molecular weight is 542 g/mol. The van der Waals surface area contributed by atoms with Crippen LogP contribution in [0.5, 0.6) is 0 Å². The smallest absolute Gasteiger partial charge is 0.331 e. The van der Waals surface area contributed by atoms with Crippen LogP contribution in [0.15, 0.2) is 59.5 Å². The highest BCUT2D eigenvalue weighted by Crippen LogP contribution is 2.17. The number of nitrogens with zero attached hydrogens (tertiary/aromatic N) is 1. The first-order chi connectivity index (χ1) is 14.3. The summed E-state index contributed by atoms with van der Waals surface area (Å²) in [6.07, 6.45) is 2.68. The lowest BCUT2D eigenvalue weighted by Crippen LogP contribution is -2.30. The van der Waals surface area contributed by atoms with Crippen LogP contribution < -0.4 is 5.32 Å². The van der Waals surface area contributed by atoms with Crippen molar-refractivity contribution in [1.29, 1.82) is 0 Å². The molecule has 0 atom stereocenters. The molecule has 0 heterocycles. The van der Waals surface area contributed by atoms with Crippen molar-refractivity contribution in [2.24, 2.45) is 0 Å². The zero-order valence-electron chi connectivity index (χ0n) is 16.7. The van der Waals surface area contributed by atoms with Gasteiger partial charge in [0, 0.05) is 28.4 Å². The third-order valence-corrected chi connectivity index (χ3v) is 6.89. The fraction of sp³-hybridized carbons (Fsp3) is 0.238. The number of halogens is 1. The molecule has 1 amide bonds. The molecule has 0 unspecified atom stereocenters. The van der Waals surface area contributed by atoms with Gasteiger partial charge in [-0.25, -0.2) is 13.2 Å². The maximum Gasteiger partial charge on any atom is 0.331 e. The molecule has 2 aromatic carbocycles. The second-order valence-corrected chi connectivity index (χ2v) is 9.34. The molecule has 1 N–H and O–H groups in total. The van der Waals surface area contributed by atoms with Crippen LogP contribution in [0.2, 0.25) is 0 Å². The Kier molecular flexibility index (Phi) is 9.00. The van der Waals surface area contributed by atoms with E-state index in [-0.39, 0.29) is 4.90 Å². The Balaban J connectivity index is 1.88.